The molecule has 0 aromatic rings. The summed E-state index contributed by atoms with van der Waals surface area (Å²) in [6.45, 7) is 0. The van der Waals surface area contributed by atoms with Crippen molar-refractivity contribution in [3.63, 3.8) is 0 Å². The first-order chi connectivity index (χ1) is 4.66. The average Bonchev–Trinajstić information content (AvgIpc) is 2.17. The Kier molecular flexibility index (Phi) is 1.19. The van der Waals surface area contributed by atoms with E-state index in [1.807, 2.05) is 0 Å². The van der Waals surface area contributed by atoms with Crippen LogP contribution in [0.2, 0.25) is 0 Å². The van der Waals surface area contributed by atoms with Crippen molar-refractivity contribution in [1.29, 1.82) is 1.12 Å². The molecule has 0 N–H and O–H groups in total. The lowest BCUT2D eigenvalue weighted by atomic mass is 10.4. The highest BCUT2D eigenvalue weighted by molar-refractivity contribution is 7.81. The molecule has 1 aliphatic rings. The zero-order valence-electron chi connectivity index (χ0n) is 5.96. The van der Waals surface area contributed by atoms with Crippen LogP contribution in [0.15, 0.2) is 0 Å². The van der Waals surface area contributed by atoms with E-state index < -0.39 is 5.25 Å². The second-order valence-electron chi connectivity index (χ2n) is 1.98. The van der Waals surface area contributed by atoms with Crippen LogP contribution in [0.25, 0.3) is 0 Å². The molecule has 1 saturated heterocycles. The summed E-state index contributed by atoms with van der Waals surface area (Å²) < 4.78 is 6.83. The van der Waals surface area contributed by atoms with Gasteiger partial charge in [-0.25, -0.2) is 0 Å². The number of rotatable bonds is 1. The second kappa shape index (κ2) is 2.02. The van der Waals surface area contributed by atoms with Gasteiger partial charge in [-0.15, -0.1) is 0 Å². The zero-order chi connectivity index (χ0) is 7.72. The highest BCUT2D eigenvalue weighted by atomic mass is 32.1. The van der Waals surface area contributed by atoms with Gasteiger partial charge in [-0.3, -0.25) is 14.5 Å². The molecule has 0 aromatic heterocycles. The number of hydrogen-bond acceptors (Lipinski definition) is 3. The van der Waals surface area contributed by atoms with Gasteiger partial charge in [0.25, 0.3) is 0 Å². The van der Waals surface area contributed by atoms with Crippen molar-refractivity contribution in [2.45, 2.75) is 11.7 Å². The van der Waals surface area contributed by atoms with E-state index in [1.54, 1.807) is 0 Å². The first kappa shape index (κ1) is 5.29. The molecule has 1 fully saturated rings. The molecule has 1 atom stereocenters. The molecule has 3 nitrogen and oxygen atoms in total. The summed E-state index contributed by atoms with van der Waals surface area (Å²) >= 11 is 0.686. The Balaban J connectivity index is 2.71. The summed E-state index contributed by atoms with van der Waals surface area (Å²) in [4.78, 5) is 22.7. The second-order valence-corrected chi connectivity index (χ2v) is 2.55. The Morgan fingerprint density at radius 1 is 1.89 bits per heavy atom. The predicted molar refractivity (Wildman–Crippen MR) is 35.2 cm³/mol. The molecule has 0 saturated carbocycles. The third-order valence-electron chi connectivity index (χ3n) is 1.34. The molecule has 0 radical (unpaired) electrons. The number of hydrogen-bond donors (Lipinski definition) is 1. The highest BCUT2D eigenvalue weighted by Crippen LogP contribution is 2.14. The minimum absolute atomic E-state index is 0.184. The largest absolute Gasteiger partial charge is 0.285 e. The van der Waals surface area contributed by atoms with Crippen molar-refractivity contribution < 1.29 is 9.59 Å². The molecular formula is C5H7NO2S. The van der Waals surface area contributed by atoms with Crippen molar-refractivity contribution in [2.24, 2.45) is 0 Å². The number of amides is 2. The van der Waals surface area contributed by atoms with E-state index in [4.69, 9.17) is 1.12 Å². The Hall–Kier alpha value is -0.510. The van der Waals surface area contributed by atoms with Crippen LogP contribution in [0, 0.1) is 0 Å². The van der Waals surface area contributed by atoms with Crippen LogP contribution < -0.4 is 0 Å². The van der Waals surface area contributed by atoms with Crippen molar-refractivity contribution in [2.75, 3.05) is 7.05 Å². The average molecular weight is 146 g/mol. The zero-order valence-corrected chi connectivity index (χ0v) is 5.77. The molecule has 2 amide bonds. The van der Waals surface area contributed by atoms with Crippen LogP contribution in [0.4, 0.5) is 0 Å². The van der Waals surface area contributed by atoms with Gasteiger partial charge >= 0.3 is 0 Å². The van der Waals surface area contributed by atoms with Gasteiger partial charge in [0.2, 0.25) is 11.8 Å². The van der Waals surface area contributed by atoms with E-state index in [2.05, 4.69) is 0 Å². The molecule has 1 unspecified atom stereocenters. The molecule has 1 heterocycles. The summed E-state index contributed by atoms with van der Waals surface area (Å²) in [5, 5.41) is -0.461. The van der Waals surface area contributed by atoms with Gasteiger partial charge in [-0.1, -0.05) is 0 Å². The minimum atomic E-state index is -0.461. The summed E-state index contributed by atoms with van der Waals surface area (Å²) in [6, 6.07) is 0. The predicted octanol–water partition coefficient (Wildman–Crippen LogP) is -0.327. The Morgan fingerprint density at radius 3 is 2.78 bits per heavy atom. The smallest absolute Gasteiger partial charge is 0.242 e. The fourth-order valence-electron chi connectivity index (χ4n) is 0.722. The molecule has 0 aliphatic carbocycles. The van der Waals surface area contributed by atoms with E-state index in [0.717, 1.165) is 4.90 Å². The summed E-state index contributed by atoms with van der Waals surface area (Å²) in [7, 11) is 1.45. The fourth-order valence-corrected chi connectivity index (χ4v) is 1.02. The van der Waals surface area contributed by atoms with Crippen LogP contribution in [-0.4, -0.2) is 30.1 Å². The van der Waals surface area contributed by atoms with Crippen LogP contribution in [0.1, 0.15) is 6.42 Å². The summed E-state index contributed by atoms with van der Waals surface area (Å²) in [6.07, 6.45) is 0.184. The van der Waals surface area contributed by atoms with Gasteiger partial charge < -0.3 is 0 Å². The normalized spacial score (nSPS) is 29.2. The summed E-state index contributed by atoms with van der Waals surface area (Å²) in [5.74, 6) is -0.431. The molecule has 1 rings (SSSR count). The number of thiol groups is 1. The minimum Gasteiger partial charge on any atom is -0.285 e. The highest BCUT2D eigenvalue weighted by Gasteiger charge is 2.32. The van der Waals surface area contributed by atoms with Gasteiger partial charge in [-0.05, 0) is 0 Å². The maximum absolute atomic E-state index is 10.9. The first-order valence-corrected chi connectivity index (χ1v) is 3.06. The van der Waals surface area contributed by atoms with Crippen LogP contribution in [0.3, 0.4) is 0 Å². The number of imide groups is 1. The fraction of sp³-hybridized carbons (Fsp3) is 0.600. The quantitative estimate of drug-likeness (QED) is 0.406. The maximum Gasteiger partial charge on any atom is 0.242 e. The standard InChI is InChI=1S/C5H7NO2S/c1-6-4(7)2-3(9)5(6)8/h3,9H,2H2,1H3/i/hD. The van der Waals surface area contributed by atoms with E-state index in [1.165, 1.54) is 7.05 Å². The van der Waals surface area contributed by atoms with E-state index in [-0.39, 0.29) is 18.2 Å². The van der Waals surface area contributed by atoms with Gasteiger partial charge in [0.05, 0.1) is 5.25 Å². The molecular weight excluding hydrogens is 138 g/mol. The van der Waals surface area contributed by atoms with Gasteiger partial charge in [0.1, 0.15) is 1.12 Å². The Bertz CT molecular complexity index is 184. The molecule has 0 spiro atoms. The van der Waals surface area contributed by atoms with Gasteiger partial charge in [-0.2, -0.15) is 12.5 Å². The SMILES string of the molecule is [2H]SC1CC(=O)N(C)C1=O. The van der Waals surface area contributed by atoms with Crippen molar-refractivity contribution in [3.8, 4) is 0 Å². The molecule has 0 aromatic carbocycles. The lowest BCUT2D eigenvalue weighted by Gasteiger charge is -2.02. The van der Waals surface area contributed by atoms with Crippen molar-refractivity contribution in [1.82, 2.24) is 4.90 Å². The van der Waals surface area contributed by atoms with Crippen molar-refractivity contribution >= 4 is 24.3 Å². The molecule has 50 valence electrons. The molecule has 9 heavy (non-hydrogen) atoms. The molecule has 4 heteroatoms. The number of carbonyl (C=O) groups is 2. The maximum atomic E-state index is 10.9. The van der Waals surface area contributed by atoms with E-state index in [0.29, 0.717) is 12.5 Å². The number of likely N-dealkylation sites (tertiary alicyclic amines) is 1. The van der Waals surface area contributed by atoms with Crippen LogP contribution in [0.5, 0.6) is 0 Å². The topological polar surface area (TPSA) is 37.4 Å². The van der Waals surface area contributed by atoms with E-state index >= 15 is 0 Å². The van der Waals surface area contributed by atoms with Crippen LogP contribution in [-0.2, 0) is 9.59 Å². The number of nitrogens with zero attached hydrogens (tertiary/aromatic N) is 1. The van der Waals surface area contributed by atoms with Crippen LogP contribution >= 0.6 is 12.5 Å². The van der Waals surface area contributed by atoms with E-state index in [9.17, 15) is 9.59 Å². The first-order valence-electron chi connectivity index (χ1n) is 3.00. The van der Waals surface area contributed by atoms with Crippen molar-refractivity contribution in [3.05, 3.63) is 0 Å². The lowest BCUT2D eigenvalue weighted by Crippen LogP contribution is -2.25. The Morgan fingerprint density at radius 2 is 2.56 bits per heavy atom. The monoisotopic (exact) mass is 146 g/mol. The molecule has 1 aliphatic heterocycles. The Labute approximate surface area is 59.5 Å². The van der Waals surface area contributed by atoms with Gasteiger partial charge in [0.15, 0.2) is 0 Å². The lowest BCUT2D eigenvalue weighted by molar-refractivity contribution is -0.136. The third-order valence-corrected chi connectivity index (χ3v) is 1.71. The third kappa shape index (κ3) is 0.941. The summed E-state index contributed by atoms with van der Waals surface area (Å²) in [5.41, 5.74) is 0. The van der Waals surface area contributed by atoms with Gasteiger partial charge in [0, 0.05) is 13.5 Å². The number of carbonyl (C=O) groups excluding carboxylic acids is 2. The molecule has 0 bridgehead atoms.